The Labute approximate surface area is 164 Å². The van der Waals surface area contributed by atoms with Gasteiger partial charge < -0.3 is 14.2 Å². The van der Waals surface area contributed by atoms with Crippen LogP contribution in [0.25, 0.3) is 0 Å². The van der Waals surface area contributed by atoms with Gasteiger partial charge in [0.1, 0.15) is 17.1 Å². The van der Waals surface area contributed by atoms with Crippen molar-refractivity contribution < 1.29 is 23.8 Å². The molecule has 0 fully saturated rings. The van der Waals surface area contributed by atoms with Gasteiger partial charge in [-0.3, -0.25) is 0 Å². The monoisotopic (exact) mass is 390 g/mol. The highest BCUT2D eigenvalue weighted by Crippen LogP contribution is 2.25. The summed E-state index contributed by atoms with van der Waals surface area (Å²) in [4.78, 5) is 24.9. The van der Waals surface area contributed by atoms with Gasteiger partial charge in [-0.25, -0.2) is 9.59 Å². The zero-order chi connectivity index (χ0) is 19.9. The Balaban J connectivity index is 2.10. The fourth-order valence-corrected chi connectivity index (χ4v) is 2.30. The van der Waals surface area contributed by atoms with E-state index in [4.69, 9.17) is 25.8 Å². The number of rotatable bonds is 8. The molecule has 0 aliphatic carbocycles. The van der Waals surface area contributed by atoms with Crippen LogP contribution in [0.3, 0.4) is 0 Å². The Bertz CT molecular complexity index is 783. The van der Waals surface area contributed by atoms with E-state index in [2.05, 4.69) is 0 Å². The van der Waals surface area contributed by atoms with Crippen LogP contribution < -0.4 is 9.47 Å². The molecule has 0 aromatic heterocycles. The molecule has 0 bridgehead atoms. The Hall–Kier alpha value is -2.53. The molecule has 2 aromatic carbocycles. The molecule has 0 N–H and O–H groups in total. The first-order valence-corrected chi connectivity index (χ1v) is 9.14. The number of ether oxygens (including phenoxy) is 3. The number of hydrogen-bond acceptors (Lipinski definition) is 5. The minimum atomic E-state index is -1.27. The molecule has 5 nitrogen and oxygen atoms in total. The summed E-state index contributed by atoms with van der Waals surface area (Å²) in [5.74, 6) is -0.542. The molecule has 0 spiro atoms. The maximum atomic E-state index is 12.6. The Morgan fingerprint density at radius 1 is 1.04 bits per heavy atom. The highest BCUT2D eigenvalue weighted by molar-refractivity contribution is 6.30. The van der Waals surface area contributed by atoms with Crippen LogP contribution in [0.5, 0.6) is 11.5 Å². The van der Waals surface area contributed by atoms with Crippen LogP contribution in [0.1, 0.15) is 44.0 Å². The summed E-state index contributed by atoms with van der Waals surface area (Å²) >= 11 is 5.85. The molecule has 0 saturated heterocycles. The average Bonchev–Trinajstić information content (AvgIpc) is 2.64. The van der Waals surface area contributed by atoms with Crippen molar-refractivity contribution in [2.45, 2.75) is 39.2 Å². The molecule has 6 heteroatoms. The van der Waals surface area contributed by atoms with Crippen molar-refractivity contribution in [3.8, 4) is 11.5 Å². The SMILES string of the molecule is CCCCOC(=O)c1ccccc1OC(=O)C(C)(C)Oc1ccc(Cl)cc1. The third-order valence-corrected chi connectivity index (χ3v) is 3.97. The molecule has 2 rings (SSSR count). The summed E-state index contributed by atoms with van der Waals surface area (Å²) in [5.41, 5.74) is -1.07. The summed E-state index contributed by atoms with van der Waals surface area (Å²) in [5, 5.41) is 0.568. The van der Waals surface area contributed by atoms with Gasteiger partial charge in [0.25, 0.3) is 0 Å². The van der Waals surface area contributed by atoms with Crippen molar-refractivity contribution in [2.24, 2.45) is 0 Å². The number of unbranched alkanes of at least 4 members (excludes halogenated alkanes) is 1. The van der Waals surface area contributed by atoms with Crippen molar-refractivity contribution in [2.75, 3.05) is 6.61 Å². The lowest BCUT2D eigenvalue weighted by Gasteiger charge is -2.24. The molecule has 27 heavy (non-hydrogen) atoms. The van der Waals surface area contributed by atoms with Crippen molar-refractivity contribution >= 4 is 23.5 Å². The second-order valence-electron chi connectivity index (χ2n) is 6.44. The van der Waals surface area contributed by atoms with E-state index in [-0.39, 0.29) is 11.3 Å². The topological polar surface area (TPSA) is 61.8 Å². The van der Waals surface area contributed by atoms with Crippen molar-refractivity contribution in [1.82, 2.24) is 0 Å². The van der Waals surface area contributed by atoms with Gasteiger partial charge in [-0.05, 0) is 56.7 Å². The number of halogens is 1. The van der Waals surface area contributed by atoms with Gasteiger partial charge in [0.15, 0.2) is 0 Å². The lowest BCUT2D eigenvalue weighted by molar-refractivity contribution is -0.149. The molecule has 0 radical (unpaired) electrons. The lowest BCUT2D eigenvalue weighted by atomic mass is 10.1. The quantitative estimate of drug-likeness (QED) is 0.358. The van der Waals surface area contributed by atoms with Crippen LogP contribution >= 0.6 is 11.6 Å². The molecule has 2 aromatic rings. The number of benzene rings is 2. The van der Waals surface area contributed by atoms with E-state index in [1.807, 2.05) is 6.92 Å². The number of carbonyl (C=O) groups excluding carboxylic acids is 2. The first-order chi connectivity index (χ1) is 12.8. The van der Waals surface area contributed by atoms with Crippen LogP contribution in [0.15, 0.2) is 48.5 Å². The summed E-state index contributed by atoms with van der Waals surface area (Å²) in [6, 6.07) is 13.1. The number of esters is 2. The molecular formula is C21H23ClO5. The van der Waals surface area contributed by atoms with E-state index in [1.165, 1.54) is 0 Å². The second-order valence-corrected chi connectivity index (χ2v) is 6.88. The van der Waals surface area contributed by atoms with E-state index < -0.39 is 17.5 Å². The predicted octanol–water partition coefficient (Wildman–Crippen LogP) is 5.06. The van der Waals surface area contributed by atoms with Gasteiger partial charge in [-0.1, -0.05) is 37.1 Å². The summed E-state index contributed by atoms with van der Waals surface area (Å²) in [7, 11) is 0. The summed E-state index contributed by atoms with van der Waals surface area (Å²) in [6.45, 7) is 5.51. The van der Waals surface area contributed by atoms with Crippen LogP contribution in [0, 0.1) is 0 Å². The molecule has 0 heterocycles. The van der Waals surface area contributed by atoms with Crippen LogP contribution in [-0.2, 0) is 9.53 Å². The zero-order valence-electron chi connectivity index (χ0n) is 15.7. The van der Waals surface area contributed by atoms with Gasteiger partial charge in [-0.15, -0.1) is 0 Å². The van der Waals surface area contributed by atoms with Gasteiger partial charge in [-0.2, -0.15) is 0 Å². The summed E-state index contributed by atoms with van der Waals surface area (Å²) in [6.07, 6.45) is 1.69. The number of carbonyl (C=O) groups is 2. The molecule has 0 saturated carbocycles. The van der Waals surface area contributed by atoms with Gasteiger partial charge in [0.2, 0.25) is 5.60 Å². The largest absolute Gasteiger partial charge is 0.476 e. The smallest absolute Gasteiger partial charge is 0.355 e. The highest BCUT2D eigenvalue weighted by atomic mass is 35.5. The Morgan fingerprint density at radius 3 is 2.37 bits per heavy atom. The number of para-hydroxylation sites is 1. The fourth-order valence-electron chi connectivity index (χ4n) is 2.17. The average molecular weight is 391 g/mol. The van der Waals surface area contributed by atoms with Crippen LogP contribution in [-0.4, -0.2) is 24.1 Å². The Kier molecular flexibility index (Phi) is 7.25. The van der Waals surface area contributed by atoms with Gasteiger partial charge in [0, 0.05) is 5.02 Å². The first-order valence-electron chi connectivity index (χ1n) is 8.76. The summed E-state index contributed by atoms with van der Waals surface area (Å²) < 4.78 is 16.4. The van der Waals surface area contributed by atoms with Crippen LogP contribution in [0.2, 0.25) is 5.02 Å². The normalized spacial score (nSPS) is 11.0. The van der Waals surface area contributed by atoms with Crippen molar-refractivity contribution in [1.29, 1.82) is 0 Å². The first kappa shape index (κ1) is 20.8. The third kappa shape index (κ3) is 6.00. The van der Waals surface area contributed by atoms with Gasteiger partial charge in [0.05, 0.1) is 6.61 Å². The maximum Gasteiger partial charge on any atom is 0.355 e. The van der Waals surface area contributed by atoms with E-state index >= 15 is 0 Å². The standard InChI is InChI=1S/C21H23ClO5/c1-4-5-14-25-19(23)17-8-6-7-9-18(17)26-20(24)21(2,3)27-16-12-10-15(22)11-13-16/h6-13H,4-5,14H2,1-3H3. The second kappa shape index (κ2) is 9.42. The molecule has 0 aliphatic heterocycles. The lowest BCUT2D eigenvalue weighted by Crippen LogP contribution is -2.41. The Morgan fingerprint density at radius 2 is 1.70 bits per heavy atom. The van der Waals surface area contributed by atoms with Crippen LogP contribution in [0.4, 0.5) is 0 Å². The molecule has 144 valence electrons. The van der Waals surface area contributed by atoms with E-state index in [0.29, 0.717) is 17.4 Å². The number of hydrogen-bond donors (Lipinski definition) is 0. The van der Waals surface area contributed by atoms with E-state index in [9.17, 15) is 9.59 Å². The molecular weight excluding hydrogens is 368 g/mol. The zero-order valence-corrected chi connectivity index (χ0v) is 16.4. The van der Waals surface area contributed by atoms with Crippen molar-refractivity contribution in [3.05, 3.63) is 59.1 Å². The van der Waals surface area contributed by atoms with Gasteiger partial charge >= 0.3 is 11.9 Å². The highest BCUT2D eigenvalue weighted by Gasteiger charge is 2.33. The minimum absolute atomic E-state index is 0.136. The van der Waals surface area contributed by atoms with E-state index in [1.54, 1.807) is 62.4 Å². The predicted molar refractivity (Wildman–Crippen MR) is 103 cm³/mol. The third-order valence-electron chi connectivity index (χ3n) is 3.72. The molecule has 0 aliphatic rings. The molecule has 0 unspecified atom stereocenters. The fraction of sp³-hybridized carbons (Fsp3) is 0.333. The maximum absolute atomic E-state index is 12.6. The van der Waals surface area contributed by atoms with E-state index in [0.717, 1.165) is 12.8 Å². The molecule has 0 amide bonds. The minimum Gasteiger partial charge on any atom is -0.476 e. The van der Waals surface area contributed by atoms with Crippen molar-refractivity contribution in [3.63, 3.8) is 0 Å². The molecule has 0 atom stereocenters.